The van der Waals surface area contributed by atoms with E-state index in [1.807, 2.05) is 61.7 Å². The van der Waals surface area contributed by atoms with Crippen LogP contribution in [0.3, 0.4) is 0 Å². The van der Waals surface area contributed by atoms with Gasteiger partial charge in [-0.25, -0.2) is 9.48 Å². The maximum absolute atomic E-state index is 12.7. The maximum Gasteiger partial charge on any atom is 0.340 e. The highest BCUT2D eigenvalue weighted by atomic mass is 32.1. The first-order chi connectivity index (χ1) is 12.7. The maximum atomic E-state index is 12.7. The highest BCUT2D eigenvalue weighted by molar-refractivity contribution is 7.11. The Labute approximate surface area is 156 Å². The molecule has 1 aromatic carbocycles. The number of rotatable bonds is 7. The number of nitrogens with zero attached hydrogens (tertiary/aromatic N) is 4. The highest BCUT2D eigenvalue weighted by Crippen LogP contribution is 2.25. The molecule has 0 radical (unpaired) electrons. The standard InChI is InChI=1S/C19H20N4O2S/c1-3-9-23-18(20-21-22-23)13-25-19(24)16(17-8-5-10-26-17)12-15-7-4-6-14(2)11-15/h4-8,10-12H,3,9,13H2,1-2H3/b16-12+. The molecule has 0 spiro atoms. The fourth-order valence-electron chi connectivity index (χ4n) is 2.51. The van der Waals surface area contributed by atoms with E-state index in [1.165, 1.54) is 11.3 Å². The number of hydrogen-bond acceptors (Lipinski definition) is 6. The van der Waals surface area contributed by atoms with Crippen LogP contribution < -0.4 is 0 Å². The number of esters is 1. The molecule has 7 heteroatoms. The summed E-state index contributed by atoms with van der Waals surface area (Å²) in [4.78, 5) is 13.6. The average Bonchev–Trinajstić information content (AvgIpc) is 3.30. The molecule has 0 saturated heterocycles. The van der Waals surface area contributed by atoms with Crippen LogP contribution in [0.1, 0.15) is 35.2 Å². The topological polar surface area (TPSA) is 69.9 Å². The Balaban J connectivity index is 1.81. The van der Waals surface area contributed by atoms with Crippen molar-refractivity contribution in [1.82, 2.24) is 20.2 Å². The van der Waals surface area contributed by atoms with E-state index in [2.05, 4.69) is 15.5 Å². The lowest BCUT2D eigenvalue weighted by Crippen LogP contribution is -2.11. The van der Waals surface area contributed by atoms with E-state index >= 15 is 0 Å². The fraction of sp³-hybridized carbons (Fsp3) is 0.263. The summed E-state index contributed by atoms with van der Waals surface area (Å²) in [6, 6.07) is 11.8. The molecule has 134 valence electrons. The number of aryl methyl sites for hydroxylation is 2. The summed E-state index contributed by atoms with van der Waals surface area (Å²) < 4.78 is 7.15. The van der Waals surface area contributed by atoms with Gasteiger partial charge in [0.15, 0.2) is 12.4 Å². The molecule has 2 heterocycles. The molecule has 6 nitrogen and oxygen atoms in total. The minimum Gasteiger partial charge on any atom is -0.454 e. The first-order valence-corrected chi connectivity index (χ1v) is 9.29. The van der Waals surface area contributed by atoms with Crippen LogP contribution >= 0.6 is 11.3 Å². The highest BCUT2D eigenvalue weighted by Gasteiger charge is 2.17. The van der Waals surface area contributed by atoms with Gasteiger partial charge in [0.2, 0.25) is 0 Å². The van der Waals surface area contributed by atoms with Gasteiger partial charge in [0, 0.05) is 11.4 Å². The predicted molar refractivity (Wildman–Crippen MR) is 101 cm³/mol. The van der Waals surface area contributed by atoms with E-state index in [0.717, 1.165) is 22.4 Å². The Morgan fingerprint density at radius 1 is 1.31 bits per heavy atom. The van der Waals surface area contributed by atoms with Crippen molar-refractivity contribution in [3.05, 3.63) is 63.6 Å². The predicted octanol–water partition coefficient (Wildman–Crippen LogP) is 3.74. The van der Waals surface area contributed by atoms with Crippen molar-refractivity contribution in [1.29, 1.82) is 0 Å². The van der Waals surface area contributed by atoms with Crippen molar-refractivity contribution in [3.63, 3.8) is 0 Å². The minimum atomic E-state index is -0.389. The van der Waals surface area contributed by atoms with E-state index < -0.39 is 0 Å². The molecule has 3 aromatic rings. The Kier molecular flexibility index (Phi) is 5.91. The normalized spacial score (nSPS) is 11.5. The SMILES string of the molecule is CCCn1nnnc1COC(=O)/C(=C/c1cccc(C)c1)c1cccs1. The second-order valence-electron chi connectivity index (χ2n) is 5.84. The molecule has 0 saturated carbocycles. The van der Waals surface area contributed by atoms with Gasteiger partial charge in [-0.15, -0.1) is 16.4 Å². The molecule has 0 aliphatic carbocycles. The second-order valence-corrected chi connectivity index (χ2v) is 6.79. The lowest BCUT2D eigenvalue weighted by Gasteiger charge is -2.08. The van der Waals surface area contributed by atoms with E-state index in [1.54, 1.807) is 4.68 Å². The van der Waals surface area contributed by atoms with E-state index in [0.29, 0.717) is 17.9 Å². The number of benzene rings is 1. The number of carbonyl (C=O) groups is 1. The number of ether oxygens (including phenoxy) is 1. The zero-order chi connectivity index (χ0) is 18.4. The van der Waals surface area contributed by atoms with Crippen LogP contribution in [0.25, 0.3) is 11.6 Å². The molecular weight excluding hydrogens is 348 g/mol. The van der Waals surface area contributed by atoms with Gasteiger partial charge in [0.1, 0.15) is 0 Å². The summed E-state index contributed by atoms with van der Waals surface area (Å²) in [6.45, 7) is 4.80. The lowest BCUT2D eigenvalue weighted by atomic mass is 10.1. The zero-order valence-electron chi connectivity index (χ0n) is 14.8. The Bertz CT molecular complexity index is 900. The van der Waals surface area contributed by atoms with Gasteiger partial charge in [-0.05, 0) is 46.9 Å². The molecule has 0 N–H and O–H groups in total. The quantitative estimate of drug-likeness (QED) is 0.469. The monoisotopic (exact) mass is 368 g/mol. The number of hydrogen-bond donors (Lipinski definition) is 0. The molecule has 2 aromatic heterocycles. The van der Waals surface area contributed by atoms with Gasteiger partial charge in [0.05, 0.1) is 5.57 Å². The van der Waals surface area contributed by atoms with Gasteiger partial charge in [-0.2, -0.15) is 0 Å². The lowest BCUT2D eigenvalue weighted by molar-refractivity contribution is -0.138. The molecule has 0 fully saturated rings. The molecule has 0 unspecified atom stereocenters. The summed E-state index contributed by atoms with van der Waals surface area (Å²) >= 11 is 1.50. The van der Waals surface area contributed by atoms with Crippen molar-refractivity contribution in [2.75, 3.05) is 0 Å². The van der Waals surface area contributed by atoms with Crippen molar-refractivity contribution in [2.45, 2.75) is 33.4 Å². The molecule has 3 rings (SSSR count). The Morgan fingerprint density at radius 2 is 2.19 bits per heavy atom. The summed E-state index contributed by atoms with van der Waals surface area (Å²) in [5, 5.41) is 13.4. The van der Waals surface area contributed by atoms with Gasteiger partial charge in [-0.1, -0.05) is 42.8 Å². The van der Waals surface area contributed by atoms with Crippen LogP contribution in [0.5, 0.6) is 0 Å². The smallest absolute Gasteiger partial charge is 0.340 e. The molecule has 0 amide bonds. The van der Waals surface area contributed by atoms with Gasteiger partial charge in [-0.3, -0.25) is 0 Å². The number of tetrazole rings is 1. The number of thiophene rings is 1. The van der Waals surface area contributed by atoms with Crippen molar-refractivity contribution in [3.8, 4) is 0 Å². The van der Waals surface area contributed by atoms with Gasteiger partial charge in [0.25, 0.3) is 0 Å². The zero-order valence-corrected chi connectivity index (χ0v) is 15.6. The molecule has 0 atom stereocenters. The number of carbonyl (C=O) groups excluding carboxylic acids is 1. The first kappa shape index (κ1) is 18.0. The summed E-state index contributed by atoms with van der Waals surface area (Å²) in [7, 11) is 0. The fourth-order valence-corrected chi connectivity index (χ4v) is 3.24. The molecule has 26 heavy (non-hydrogen) atoms. The Morgan fingerprint density at radius 3 is 2.92 bits per heavy atom. The van der Waals surface area contributed by atoms with Crippen molar-refractivity contribution >= 4 is 29.0 Å². The average molecular weight is 368 g/mol. The third kappa shape index (κ3) is 4.43. The van der Waals surface area contributed by atoms with Crippen LogP contribution in [0.15, 0.2) is 41.8 Å². The largest absolute Gasteiger partial charge is 0.454 e. The summed E-state index contributed by atoms with van der Waals surface area (Å²) in [5.41, 5.74) is 2.62. The Hall–Kier alpha value is -2.80. The molecule has 0 bridgehead atoms. The third-order valence-corrected chi connectivity index (χ3v) is 4.64. The van der Waals surface area contributed by atoms with Gasteiger partial charge >= 0.3 is 5.97 Å². The summed E-state index contributed by atoms with van der Waals surface area (Å²) in [5.74, 6) is 0.154. The minimum absolute atomic E-state index is 0.0440. The second kappa shape index (κ2) is 8.53. The van der Waals surface area contributed by atoms with E-state index in [9.17, 15) is 4.79 Å². The van der Waals surface area contributed by atoms with Crippen molar-refractivity contribution in [2.24, 2.45) is 0 Å². The van der Waals surface area contributed by atoms with Crippen LogP contribution in [0.2, 0.25) is 0 Å². The van der Waals surface area contributed by atoms with Crippen LogP contribution in [-0.2, 0) is 22.7 Å². The van der Waals surface area contributed by atoms with E-state index in [4.69, 9.17) is 4.74 Å². The molecule has 0 aliphatic rings. The van der Waals surface area contributed by atoms with Crippen molar-refractivity contribution < 1.29 is 9.53 Å². The molecule has 0 aliphatic heterocycles. The summed E-state index contributed by atoms with van der Waals surface area (Å²) in [6.07, 6.45) is 2.76. The van der Waals surface area contributed by atoms with E-state index in [-0.39, 0.29) is 12.6 Å². The first-order valence-electron chi connectivity index (χ1n) is 8.41. The van der Waals surface area contributed by atoms with Gasteiger partial charge < -0.3 is 4.74 Å². The third-order valence-electron chi connectivity index (χ3n) is 3.73. The molecular formula is C19H20N4O2S. The van der Waals surface area contributed by atoms with Crippen LogP contribution in [-0.4, -0.2) is 26.2 Å². The number of aromatic nitrogens is 4. The van der Waals surface area contributed by atoms with Crippen LogP contribution in [0.4, 0.5) is 0 Å². The van der Waals surface area contributed by atoms with Crippen LogP contribution in [0, 0.1) is 6.92 Å².